The van der Waals surface area contributed by atoms with Crippen molar-refractivity contribution in [2.45, 2.75) is 20.3 Å². The van der Waals surface area contributed by atoms with Gasteiger partial charge >= 0.3 is 0 Å². The summed E-state index contributed by atoms with van der Waals surface area (Å²) in [7, 11) is 1.61. The van der Waals surface area contributed by atoms with Crippen LogP contribution in [-0.4, -0.2) is 23.7 Å². The van der Waals surface area contributed by atoms with E-state index in [-0.39, 0.29) is 0 Å². The summed E-state index contributed by atoms with van der Waals surface area (Å²) in [5, 5.41) is 9.58. The molecule has 1 heterocycles. The number of nitrogens with zero attached hydrogens (tertiary/aromatic N) is 2. The van der Waals surface area contributed by atoms with Crippen LogP contribution in [-0.2, 0) is 0 Å². The minimum absolute atomic E-state index is 0.461. The van der Waals surface area contributed by atoms with E-state index in [0.717, 1.165) is 28.6 Å². The van der Waals surface area contributed by atoms with Crippen LogP contribution >= 0.6 is 0 Å². The Balaban J connectivity index is 1.96. The van der Waals surface area contributed by atoms with E-state index in [0.29, 0.717) is 29.5 Å². The predicted molar refractivity (Wildman–Crippen MR) is 103 cm³/mol. The summed E-state index contributed by atoms with van der Waals surface area (Å²) < 4.78 is 11.1. The average Bonchev–Trinajstić information content (AvgIpc) is 3.07. The number of hydrogen-bond donors (Lipinski definition) is 1. The molecule has 0 amide bonds. The highest BCUT2D eigenvalue weighted by atomic mass is 16.5. The second-order valence-corrected chi connectivity index (χ2v) is 6.03. The normalized spacial score (nSPS) is 11.4. The Bertz CT molecular complexity index is 996. The van der Waals surface area contributed by atoms with Crippen LogP contribution in [0, 0.1) is 18.3 Å². The molecule has 0 aliphatic carbocycles. The van der Waals surface area contributed by atoms with Gasteiger partial charge in [-0.25, -0.2) is 4.98 Å². The molecule has 3 aromatic rings. The number of methoxy groups -OCH3 is 1. The lowest BCUT2D eigenvalue weighted by Gasteiger charge is -2.10. The van der Waals surface area contributed by atoms with Gasteiger partial charge in [-0.1, -0.05) is 19.1 Å². The molecule has 1 N–H and O–H groups in total. The number of nitriles is 1. The minimum atomic E-state index is 0.461. The summed E-state index contributed by atoms with van der Waals surface area (Å²) in [6, 6.07) is 13.8. The molecule has 0 saturated carbocycles. The van der Waals surface area contributed by atoms with Gasteiger partial charge in [0.05, 0.1) is 30.3 Å². The number of fused-ring (bicyclic) bond motifs is 1. The molecule has 5 heteroatoms. The van der Waals surface area contributed by atoms with Gasteiger partial charge in [-0.15, -0.1) is 0 Å². The number of ether oxygens (including phenoxy) is 2. The Morgan fingerprint density at radius 2 is 2.08 bits per heavy atom. The Labute approximate surface area is 152 Å². The Morgan fingerprint density at radius 3 is 2.81 bits per heavy atom. The maximum atomic E-state index is 9.58. The van der Waals surface area contributed by atoms with Gasteiger partial charge in [-0.3, -0.25) is 0 Å². The molecule has 3 rings (SSSR count). The van der Waals surface area contributed by atoms with Gasteiger partial charge in [0, 0.05) is 0 Å². The lowest BCUT2D eigenvalue weighted by Crippen LogP contribution is -1.98. The van der Waals surface area contributed by atoms with Gasteiger partial charge in [0.1, 0.15) is 11.9 Å². The second kappa shape index (κ2) is 7.75. The maximum Gasteiger partial charge on any atom is 0.161 e. The molecule has 0 bridgehead atoms. The molecule has 0 aliphatic heterocycles. The lowest BCUT2D eigenvalue weighted by atomic mass is 10.1. The molecule has 0 saturated heterocycles. The molecule has 0 aliphatic rings. The largest absolute Gasteiger partial charge is 0.493 e. The Morgan fingerprint density at radius 1 is 1.23 bits per heavy atom. The van der Waals surface area contributed by atoms with Crippen molar-refractivity contribution in [1.82, 2.24) is 9.97 Å². The lowest BCUT2D eigenvalue weighted by molar-refractivity contribution is 0.294. The third-order valence-corrected chi connectivity index (χ3v) is 3.97. The predicted octanol–water partition coefficient (Wildman–Crippen LogP) is 4.73. The van der Waals surface area contributed by atoms with Crippen molar-refractivity contribution < 1.29 is 9.47 Å². The van der Waals surface area contributed by atoms with Crippen molar-refractivity contribution in [3.05, 3.63) is 53.3 Å². The number of H-pyrrole nitrogens is 1. The first-order valence-electron chi connectivity index (χ1n) is 8.54. The number of aryl methyl sites for hydroxylation is 1. The fourth-order valence-electron chi connectivity index (χ4n) is 2.68. The van der Waals surface area contributed by atoms with Crippen LogP contribution in [0.25, 0.3) is 22.7 Å². The zero-order valence-electron chi connectivity index (χ0n) is 15.2. The zero-order valence-corrected chi connectivity index (χ0v) is 15.2. The van der Waals surface area contributed by atoms with Crippen LogP contribution in [0.2, 0.25) is 0 Å². The second-order valence-electron chi connectivity index (χ2n) is 6.03. The van der Waals surface area contributed by atoms with Crippen LogP contribution in [0.15, 0.2) is 36.4 Å². The van der Waals surface area contributed by atoms with Gasteiger partial charge < -0.3 is 14.5 Å². The van der Waals surface area contributed by atoms with E-state index >= 15 is 0 Å². The number of nitrogens with one attached hydrogen (secondary N) is 1. The molecular weight excluding hydrogens is 326 g/mol. The molecule has 0 atom stereocenters. The van der Waals surface area contributed by atoms with Gasteiger partial charge in [0.25, 0.3) is 0 Å². The first kappa shape index (κ1) is 17.6. The molecule has 0 fully saturated rings. The molecule has 2 aromatic carbocycles. The molecule has 132 valence electrons. The quantitative estimate of drug-likeness (QED) is 0.654. The molecule has 26 heavy (non-hydrogen) atoms. The highest BCUT2D eigenvalue weighted by molar-refractivity contribution is 5.90. The third-order valence-electron chi connectivity index (χ3n) is 3.97. The molecule has 0 unspecified atom stereocenters. The summed E-state index contributed by atoms with van der Waals surface area (Å²) in [4.78, 5) is 7.74. The van der Waals surface area contributed by atoms with Crippen molar-refractivity contribution in [2.24, 2.45) is 0 Å². The molecule has 5 nitrogen and oxygen atoms in total. The maximum absolute atomic E-state index is 9.58. The van der Waals surface area contributed by atoms with Gasteiger partial charge in [-0.2, -0.15) is 5.26 Å². The van der Waals surface area contributed by atoms with Crippen LogP contribution in [0.5, 0.6) is 11.5 Å². The number of hydrogen-bond acceptors (Lipinski definition) is 4. The Kier molecular flexibility index (Phi) is 5.23. The summed E-state index contributed by atoms with van der Waals surface area (Å²) in [6.07, 6.45) is 2.71. The molecular formula is C21H21N3O2. The topological polar surface area (TPSA) is 70.9 Å². The monoisotopic (exact) mass is 347 g/mol. The number of allylic oxidation sites excluding steroid dienone is 1. The van der Waals surface area contributed by atoms with Crippen LogP contribution < -0.4 is 9.47 Å². The van der Waals surface area contributed by atoms with Crippen molar-refractivity contribution in [3.63, 3.8) is 0 Å². The fourth-order valence-corrected chi connectivity index (χ4v) is 2.68. The number of imidazole rings is 1. The van der Waals surface area contributed by atoms with Gasteiger partial charge in [0.2, 0.25) is 0 Å². The summed E-state index contributed by atoms with van der Waals surface area (Å²) in [5.74, 6) is 1.90. The van der Waals surface area contributed by atoms with E-state index in [4.69, 9.17) is 9.47 Å². The van der Waals surface area contributed by atoms with Crippen LogP contribution in [0.1, 0.15) is 30.3 Å². The third kappa shape index (κ3) is 3.70. The summed E-state index contributed by atoms with van der Waals surface area (Å²) in [6.45, 7) is 4.71. The van der Waals surface area contributed by atoms with E-state index in [1.807, 2.05) is 43.3 Å². The van der Waals surface area contributed by atoms with Crippen molar-refractivity contribution in [3.8, 4) is 17.6 Å². The number of aromatic amines is 1. The van der Waals surface area contributed by atoms with Crippen molar-refractivity contribution in [2.75, 3.05) is 13.7 Å². The number of aromatic nitrogens is 2. The molecule has 0 spiro atoms. The first-order chi connectivity index (χ1) is 12.6. The highest BCUT2D eigenvalue weighted by Crippen LogP contribution is 2.30. The van der Waals surface area contributed by atoms with E-state index in [9.17, 15) is 5.26 Å². The van der Waals surface area contributed by atoms with Gasteiger partial charge in [0.15, 0.2) is 11.5 Å². The smallest absolute Gasteiger partial charge is 0.161 e. The average molecular weight is 347 g/mol. The SMILES string of the molecule is CCCOc1ccc(/C=C(/C#N)c2nc3ccc(C)cc3[nH]2)cc1OC. The van der Waals surface area contributed by atoms with Crippen molar-refractivity contribution >= 4 is 22.7 Å². The van der Waals surface area contributed by atoms with E-state index in [2.05, 4.69) is 23.0 Å². The highest BCUT2D eigenvalue weighted by Gasteiger charge is 2.10. The van der Waals surface area contributed by atoms with Gasteiger partial charge in [-0.05, 0) is 54.8 Å². The fraction of sp³-hybridized carbons (Fsp3) is 0.238. The minimum Gasteiger partial charge on any atom is -0.493 e. The molecule has 1 aromatic heterocycles. The number of rotatable bonds is 6. The number of benzene rings is 2. The van der Waals surface area contributed by atoms with Crippen LogP contribution in [0.4, 0.5) is 0 Å². The van der Waals surface area contributed by atoms with Crippen LogP contribution in [0.3, 0.4) is 0 Å². The zero-order chi connectivity index (χ0) is 18.5. The standard InChI is InChI=1S/C21H21N3O2/c1-4-9-26-19-8-6-15(12-20(19)25-3)11-16(13-22)21-23-17-7-5-14(2)10-18(17)24-21/h5-8,10-12H,4,9H2,1-3H3,(H,23,24)/b16-11-. The van der Waals surface area contributed by atoms with E-state index < -0.39 is 0 Å². The molecule has 0 radical (unpaired) electrons. The first-order valence-corrected chi connectivity index (χ1v) is 8.54. The van der Waals surface area contributed by atoms with Crippen molar-refractivity contribution in [1.29, 1.82) is 5.26 Å². The summed E-state index contributed by atoms with van der Waals surface area (Å²) >= 11 is 0. The Hall–Kier alpha value is -3.26. The van der Waals surface area contributed by atoms with E-state index in [1.54, 1.807) is 13.2 Å². The van der Waals surface area contributed by atoms with E-state index in [1.165, 1.54) is 0 Å². The summed E-state index contributed by atoms with van der Waals surface area (Å²) in [5.41, 5.74) is 4.21.